The first kappa shape index (κ1) is 8.53. The number of hydrogen-bond donors (Lipinski definition) is 2. The fourth-order valence-electron chi connectivity index (χ4n) is 1.43. The van der Waals surface area contributed by atoms with Gasteiger partial charge >= 0.3 is 0 Å². The second kappa shape index (κ2) is 2.81. The monoisotopic (exact) mass is 157 g/mol. The van der Waals surface area contributed by atoms with Crippen LogP contribution in [-0.4, -0.2) is 22.7 Å². The van der Waals surface area contributed by atoms with Gasteiger partial charge in [-0.3, -0.25) is 4.79 Å². The van der Waals surface area contributed by atoms with E-state index in [9.17, 15) is 9.90 Å². The van der Waals surface area contributed by atoms with Gasteiger partial charge in [0.2, 0.25) is 5.91 Å². The average Bonchev–Trinajstić information content (AvgIpc) is 1.83. The molecule has 0 saturated heterocycles. The smallest absolute Gasteiger partial charge is 0.219 e. The van der Waals surface area contributed by atoms with Crippen molar-refractivity contribution in [1.29, 1.82) is 0 Å². The summed E-state index contributed by atoms with van der Waals surface area (Å²) in [4.78, 5) is 10.8. The van der Waals surface area contributed by atoms with E-state index in [1.165, 1.54) is 0 Å². The van der Waals surface area contributed by atoms with Crippen LogP contribution in [0.2, 0.25) is 0 Å². The van der Waals surface area contributed by atoms with Crippen LogP contribution in [0.4, 0.5) is 0 Å². The molecule has 1 amide bonds. The van der Waals surface area contributed by atoms with Crippen molar-refractivity contribution in [3.63, 3.8) is 0 Å². The third-order valence-electron chi connectivity index (χ3n) is 2.06. The maximum Gasteiger partial charge on any atom is 0.219 e. The first-order chi connectivity index (χ1) is 5.03. The van der Waals surface area contributed by atoms with E-state index in [-0.39, 0.29) is 11.9 Å². The van der Waals surface area contributed by atoms with Gasteiger partial charge in [-0.15, -0.1) is 0 Å². The third-order valence-corrected chi connectivity index (χ3v) is 2.06. The number of aliphatic hydroxyl groups is 1. The van der Waals surface area contributed by atoms with Crippen LogP contribution in [0.25, 0.3) is 0 Å². The summed E-state index contributed by atoms with van der Waals surface area (Å²) in [6.45, 7) is 3.62. The minimum atomic E-state index is -0.536. The standard InChI is InChI=1S/C8H15NO2/c1-3-7(10)9-6-4-8(2,11)5-6/h6,11H,3-5H2,1-2H3,(H,9,10). The first-order valence-electron chi connectivity index (χ1n) is 4.05. The van der Waals surface area contributed by atoms with Gasteiger partial charge in [-0.05, 0) is 19.8 Å². The van der Waals surface area contributed by atoms with E-state index in [4.69, 9.17) is 0 Å². The molecule has 0 radical (unpaired) electrons. The summed E-state index contributed by atoms with van der Waals surface area (Å²) < 4.78 is 0. The van der Waals surface area contributed by atoms with Gasteiger partial charge in [0, 0.05) is 12.5 Å². The predicted molar refractivity (Wildman–Crippen MR) is 42.1 cm³/mol. The van der Waals surface area contributed by atoms with Gasteiger partial charge in [0.05, 0.1) is 5.60 Å². The second-order valence-electron chi connectivity index (χ2n) is 3.52. The molecule has 1 saturated carbocycles. The largest absolute Gasteiger partial charge is 0.390 e. The molecule has 0 aromatic rings. The van der Waals surface area contributed by atoms with Crippen LogP contribution in [0.1, 0.15) is 33.1 Å². The van der Waals surface area contributed by atoms with Crippen LogP contribution in [0, 0.1) is 0 Å². The van der Waals surface area contributed by atoms with Crippen molar-refractivity contribution in [2.24, 2.45) is 0 Å². The third kappa shape index (κ3) is 2.19. The van der Waals surface area contributed by atoms with E-state index in [0.717, 1.165) is 0 Å². The number of nitrogens with one attached hydrogen (secondary N) is 1. The van der Waals surface area contributed by atoms with Crippen LogP contribution in [-0.2, 0) is 4.79 Å². The van der Waals surface area contributed by atoms with Gasteiger partial charge in [-0.2, -0.15) is 0 Å². The summed E-state index contributed by atoms with van der Waals surface area (Å²) in [7, 11) is 0. The molecule has 1 aliphatic rings. The van der Waals surface area contributed by atoms with Crippen molar-refractivity contribution < 1.29 is 9.90 Å². The molecule has 1 aliphatic carbocycles. The highest BCUT2D eigenvalue weighted by atomic mass is 16.3. The zero-order valence-corrected chi connectivity index (χ0v) is 7.05. The van der Waals surface area contributed by atoms with Gasteiger partial charge < -0.3 is 10.4 Å². The van der Waals surface area contributed by atoms with Gasteiger partial charge in [-0.1, -0.05) is 6.92 Å². The molecule has 0 unspecified atom stereocenters. The topological polar surface area (TPSA) is 49.3 Å². The Hall–Kier alpha value is -0.570. The Morgan fingerprint density at radius 1 is 1.73 bits per heavy atom. The van der Waals surface area contributed by atoms with Crippen molar-refractivity contribution in [2.75, 3.05) is 0 Å². The summed E-state index contributed by atoms with van der Waals surface area (Å²) in [5.41, 5.74) is -0.536. The van der Waals surface area contributed by atoms with Crippen LogP contribution in [0.15, 0.2) is 0 Å². The van der Waals surface area contributed by atoms with Crippen molar-refractivity contribution >= 4 is 5.91 Å². The normalized spacial score (nSPS) is 36.1. The summed E-state index contributed by atoms with van der Waals surface area (Å²) >= 11 is 0. The van der Waals surface area contributed by atoms with E-state index in [1.807, 2.05) is 6.92 Å². The van der Waals surface area contributed by atoms with Gasteiger partial charge in [-0.25, -0.2) is 0 Å². The zero-order chi connectivity index (χ0) is 8.48. The Balaban J connectivity index is 2.19. The molecular weight excluding hydrogens is 142 g/mol. The van der Waals surface area contributed by atoms with Gasteiger partial charge in [0.25, 0.3) is 0 Å². The lowest BCUT2D eigenvalue weighted by Crippen LogP contribution is -2.53. The molecule has 11 heavy (non-hydrogen) atoms. The first-order valence-corrected chi connectivity index (χ1v) is 4.05. The molecule has 64 valence electrons. The van der Waals surface area contributed by atoms with Crippen molar-refractivity contribution in [3.05, 3.63) is 0 Å². The van der Waals surface area contributed by atoms with E-state index in [2.05, 4.69) is 5.32 Å². The minimum Gasteiger partial charge on any atom is -0.390 e. The molecule has 1 fully saturated rings. The number of carbonyl (C=O) groups is 1. The average molecular weight is 157 g/mol. The lowest BCUT2D eigenvalue weighted by atomic mass is 9.77. The lowest BCUT2D eigenvalue weighted by Gasteiger charge is -2.41. The molecule has 0 spiro atoms. The number of hydrogen-bond acceptors (Lipinski definition) is 2. The second-order valence-corrected chi connectivity index (χ2v) is 3.52. The molecule has 0 aromatic heterocycles. The molecule has 0 aromatic carbocycles. The minimum absolute atomic E-state index is 0.0745. The van der Waals surface area contributed by atoms with Crippen LogP contribution >= 0.6 is 0 Å². The zero-order valence-electron chi connectivity index (χ0n) is 7.05. The van der Waals surface area contributed by atoms with E-state index < -0.39 is 5.60 Å². The Kier molecular flexibility index (Phi) is 2.18. The van der Waals surface area contributed by atoms with E-state index in [0.29, 0.717) is 19.3 Å². The summed E-state index contributed by atoms with van der Waals surface area (Å²) in [6.07, 6.45) is 1.91. The van der Waals surface area contributed by atoms with Crippen molar-refractivity contribution in [2.45, 2.75) is 44.8 Å². The molecule has 3 nitrogen and oxygen atoms in total. The Bertz CT molecular complexity index is 157. The molecule has 0 heterocycles. The maximum absolute atomic E-state index is 10.8. The predicted octanol–water partition coefficient (Wildman–Crippen LogP) is 0.426. The lowest BCUT2D eigenvalue weighted by molar-refractivity contribution is -0.124. The molecule has 3 heteroatoms. The SMILES string of the molecule is CCC(=O)NC1CC(C)(O)C1. The van der Waals surface area contributed by atoms with Gasteiger partial charge in [0.1, 0.15) is 0 Å². The summed E-state index contributed by atoms with van der Waals surface area (Å²) in [5, 5.41) is 12.1. The number of carbonyl (C=O) groups excluding carboxylic acids is 1. The highest BCUT2D eigenvalue weighted by Gasteiger charge is 2.38. The quantitative estimate of drug-likeness (QED) is 0.610. The maximum atomic E-state index is 10.8. The fourth-order valence-corrected chi connectivity index (χ4v) is 1.43. The molecule has 0 bridgehead atoms. The molecule has 0 aliphatic heterocycles. The Morgan fingerprint density at radius 2 is 2.27 bits per heavy atom. The summed E-state index contributed by atoms with van der Waals surface area (Å²) in [6, 6.07) is 0.206. The summed E-state index contributed by atoms with van der Waals surface area (Å²) in [5.74, 6) is 0.0745. The van der Waals surface area contributed by atoms with Gasteiger partial charge in [0.15, 0.2) is 0 Å². The molecule has 2 N–H and O–H groups in total. The highest BCUT2D eigenvalue weighted by molar-refractivity contribution is 5.75. The van der Waals surface area contributed by atoms with Crippen molar-refractivity contribution in [1.82, 2.24) is 5.32 Å². The molecule has 1 rings (SSSR count). The number of amides is 1. The molecular formula is C8H15NO2. The highest BCUT2D eigenvalue weighted by Crippen LogP contribution is 2.31. The molecule has 0 atom stereocenters. The van der Waals surface area contributed by atoms with Crippen LogP contribution < -0.4 is 5.32 Å². The van der Waals surface area contributed by atoms with E-state index >= 15 is 0 Å². The Morgan fingerprint density at radius 3 is 2.64 bits per heavy atom. The number of rotatable bonds is 2. The van der Waals surface area contributed by atoms with E-state index in [1.54, 1.807) is 6.92 Å². The van der Waals surface area contributed by atoms with Crippen LogP contribution in [0.5, 0.6) is 0 Å². The van der Waals surface area contributed by atoms with Crippen LogP contribution in [0.3, 0.4) is 0 Å². The fraction of sp³-hybridized carbons (Fsp3) is 0.875. The van der Waals surface area contributed by atoms with Crippen molar-refractivity contribution in [3.8, 4) is 0 Å². The Labute approximate surface area is 66.8 Å².